The van der Waals surface area contributed by atoms with Crippen molar-refractivity contribution < 1.29 is 19.0 Å². The van der Waals surface area contributed by atoms with Crippen LogP contribution < -0.4 is 0 Å². The first-order chi connectivity index (χ1) is 14.1. The van der Waals surface area contributed by atoms with Crippen LogP contribution in [0, 0.1) is 5.92 Å². The summed E-state index contributed by atoms with van der Waals surface area (Å²) in [5.74, 6) is 0.601. The first-order valence-electron chi connectivity index (χ1n) is 12.4. The Hall–Kier alpha value is -0.450. The molecule has 0 bridgehead atoms. The van der Waals surface area contributed by atoms with Crippen LogP contribution in [-0.2, 0) is 19.0 Å². The summed E-state index contributed by atoms with van der Waals surface area (Å²) in [7, 11) is 0. The third-order valence-corrected chi connectivity index (χ3v) is 6.26. The molecule has 0 N–H and O–H groups in total. The number of hydrogen-bond donors (Lipinski definition) is 0. The van der Waals surface area contributed by atoms with Gasteiger partial charge in [-0.05, 0) is 25.7 Å². The van der Waals surface area contributed by atoms with Crippen molar-refractivity contribution in [2.45, 2.75) is 129 Å². The maximum Gasteiger partial charge on any atom is 0.187 e. The second kappa shape index (κ2) is 16.3. The molecule has 1 fully saturated rings. The normalized spacial score (nSPS) is 18.7. The fraction of sp³-hybridized carbons (Fsp3) is 0.960. The fourth-order valence-corrected chi connectivity index (χ4v) is 4.03. The molecule has 1 aliphatic rings. The zero-order valence-electron chi connectivity index (χ0n) is 19.8. The Morgan fingerprint density at radius 2 is 1.45 bits per heavy atom. The zero-order chi connectivity index (χ0) is 21.4. The number of hydrogen-bond acceptors (Lipinski definition) is 4. The zero-order valence-corrected chi connectivity index (χ0v) is 19.8. The second-order valence-electron chi connectivity index (χ2n) is 9.11. The van der Waals surface area contributed by atoms with Gasteiger partial charge in [-0.15, -0.1) is 0 Å². The summed E-state index contributed by atoms with van der Waals surface area (Å²) in [6.45, 7) is 9.91. The van der Waals surface area contributed by atoms with Crippen molar-refractivity contribution in [1.29, 1.82) is 0 Å². The monoisotopic (exact) mass is 412 g/mol. The van der Waals surface area contributed by atoms with Gasteiger partial charge in [-0.2, -0.15) is 0 Å². The van der Waals surface area contributed by atoms with E-state index in [-0.39, 0.29) is 19.0 Å². The summed E-state index contributed by atoms with van der Waals surface area (Å²) >= 11 is 0. The Morgan fingerprint density at radius 1 is 0.897 bits per heavy atom. The van der Waals surface area contributed by atoms with Gasteiger partial charge in [-0.1, -0.05) is 97.8 Å². The van der Waals surface area contributed by atoms with E-state index >= 15 is 0 Å². The van der Waals surface area contributed by atoms with Crippen LogP contribution in [0.4, 0.5) is 0 Å². The van der Waals surface area contributed by atoms with Gasteiger partial charge in [0.25, 0.3) is 0 Å². The molecule has 0 aromatic heterocycles. The molecular formula is C25H48O4. The molecule has 1 heterocycles. The van der Waals surface area contributed by atoms with Crippen LogP contribution in [0.25, 0.3) is 0 Å². The Labute approximate surface area is 180 Å². The summed E-state index contributed by atoms with van der Waals surface area (Å²) in [5.41, 5.74) is -0.471. The van der Waals surface area contributed by atoms with Crippen LogP contribution in [0.1, 0.15) is 118 Å². The van der Waals surface area contributed by atoms with Gasteiger partial charge in [0.2, 0.25) is 0 Å². The van der Waals surface area contributed by atoms with Crippen molar-refractivity contribution >= 4 is 5.78 Å². The highest BCUT2D eigenvalue weighted by Crippen LogP contribution is 2.30. The molecular weight excluding hydrogens is 364 g/mol. The van der Waals surface area contributed by atoms with Crippen molar-refractivity contribution in [3.05, 3.63) is 0 Å². The van der Waals surface area contributed by atoms with Crippen LogP contribution in [0.2, 0.25) is 0 Å². The number of Topliss-reactive ketones (excluding diaryl/α,β-unsaturated/α-hetero) is 1. The summed E-state index contributed by atoms with van der Waals surface area (Å²) in [4.78, 5) is 11.5. The first kappa shape index (κ1) is 26.6. The molecule has 2 unspecified atom stereocenters. The third-order valence-electron chi connectivity index (χ3n) is 6.26. The number of carbonyl (C=O) groups is 1. The molecule has 29 heavy (non-hydrogen) atoms. The minimum absolute atomic E-state index is 0.0149. The molecule has 0 spiro atoms. The van der Waals surface area contributed by atoms with Crippen molar-refractivity contribution in [3.8, 4) is 0 Å². The van der Waals surface area contributed by atoms with E-state index in [0.29, 0.717) is 5.92 Å². The van der Waals surface area contributed by atoms with E-state index < -0.39 is 11.9 Å². The Kier molecular flexibility index (Phi) is 14.9. The number of carbonyl (C=O) groups excluding carboxylic acids is 1. The number of unbranched alkanes of at least 4 members (excludes halogenated alkanes) is 9. The van der Waals surface area contributed by atoms with E-state index in [9.17, 15) is 4.79 Å². The van der Waals surface area contributed by atoms with Gasteiger partial charge in [0.05, 0.1) is 6.61 Å². The van der Waals surface area contributed by atoms with E-state index in [2.05, 4.69) is 27.7 Å². The molecule has 0 radical (unpaired) electrons. The lowest BCUT2D eigenvalue weighted by Gasteiger charge is -2.39. The molecule has 172 valence electrons. The average Bonchev–Trinajstić information content (AvgIpc) is 2.73. The van der Waals surface area contributed by atoms with Crippen molar-refractivity contribution in [3.63, 3.8) is 0 Å². The minimum atomic E-state index is -0.471. The summed E-state index contributed by atoms with van der Waals surface area (Å²) < 4.78 is 17.9. The van der Waals surface area contributed by atoms with Gasteiger partial charge in [-0.25, -0.2) is 0 Å². The summed E-state index contributed by atoms with van der Waals surface area (Å²) in [6.07, 6.45) is 17.1. The summed E-state index contributed by atoms with van der Waals surface area (Å²) in [5, 5.41) is 0. The quantitative estimate of drug-likeness (QED) is 0.231. The lowest BCUT2D eigenvalue weighted by Crippen LogP contribution is -2.50. The van der Waals surface area contributed by atoms with E-state index in [4.69, 9.17) is 14.2 Å². The van der Waals surface area contributed by atoms with E-state index in [1.165, 1.54) is 70.6 Å². The average molecular weight is 413 g/mol. The van der Waals surface area contributed by atoms with Gasteiger partial charge in [0, 0.05) is 0 Å². The topological polar surface area (TPSA) is 44.8 Å². The molecule has 0 amide bonds. The van der Waals surface area contributed by atoms with Crippen LogP contribution >= 0.6 is 0 Å². The molecule has 1 rings (SSSR count). The molecule has 0 saturated carbocycles. The largest absolute Gasteiger partial charge is 0.370 e. The molecule has 0 aromatic carbocycles. The van der Waals surface area contributed by atoms with Gasteiger partial charge in [-0.3, -0.25) is 4.79 Å². The standard InChI is InChI=1S/C25H48O4/c1-5-8-10-11-12-13-14-15-16-18-25(4,24-27-20-23(26)21-28-24)29-19-22(7-3)17-9-6-2/h22,24H,5-21H2,1-4H3. The van der Waals surface area contributed by atoms with Crippen LogP contribution in [0.5, 0.6) is 0 Å². The molecule has 4 heteroatoms. The molecule has 1 saturated heterocycles. The molecule has 0 aromatic rings. The molecule has 1 aliphatic heterocycles. The highest BCUT2D eigenvalue weighted by Gasteiger charge is 2.39. The molecule has 0 aliphatic carbocycles. The van der Waals surface area contributed by atoms with Crippen LogP contribution in [0.15, 0.2) is 0 Å². The maximum absolute atomic E-state index is 11.5. The highest BCUT2D eigenvalue weighted by molar-refractivity contribution is 5.81. The Bertz CT molecular complexity index is 402. The Balaban J connectivity index is 2.43. The fourth-order valence-electron chi connectivity index (χ4n) is 4.03. The van der Waals surface area contributed by atoms with E-state index in [1.54, 1.807) is 0 Å². The highest BCUT2D eigenvalue weighted by atomic mass is 16.7. The van der Waals surface area contributed by atoms with Gasteiger partial charge >= 0.3 is 0 Å². The van der Waals surface area contributed by atoms with Gasteiger partial charge in [0.15, 0.2) is 12.1 Å². The lowest BCUT2D eigenvalue weighted by atomic mass is 9.94. The predicted molar refractivity (Wildman–Crippen MR) is 120 cm³/mol. The third kappa shape index (κ3) is 11.5. The van der Waals surface area contributed by atoms with E-state index in [1.807, 2.05) is 0 Å². The SMILES string of the molecule is CCCCCCCCCCCC(C)(OCC(CC)CCCC)C1OCC(=O)CO1. The van der Waals surface area contributed by atoms with Gasteiger partial charge in [0.1, 0.15) is 18.8 Å². The smallest absolute Gasteiger partial charge is 0.187 e. The molecule has 4 nitrogen and oxygen atoms in total. The van der Waals surface area contributed by atoms with Crippen molar-refractivity contribution in [2.24, 2.45) is 5.92 Å². The minimum Gasteiger partial charge on any atom is -0.370 e. The lowest BCUT2D eigenvalue weighted by molar-refractivity contribution is -0.265. The second-order valence-corrected chi connectivity index (χ2v) is 9.11. The van der Waals surface area contributed by atoms with E-state index in [0.717, 1.165) is 25.9 Å². The van der Waals surface area contributed by atoms with Crippen LogP contribution in [-0.4, -0.2) is 37.5 Å². The predicted octanol–water partition coefficient (Wildman–Crippen LogP) is 6.84. The summed E-state index contributed by atoms with van der Waals surface area (Å²) in [6, 6.07) is 0. The Morgan fingerprint density at radius 3 is 2.00 bits per heavy atom. The van der Waals surface area contributed by atoms with Crippen molar-refractivity contribution in [1.82, 2.24) is 0 Å². The van der Waals surface area contributed by atoms with Crippen molar-refractivity contribution in [2.75, 3.05) is 19.8 Å². The number of rotatable bonds is 18. The van der Waals surface area contributed by atoms with Gasteiger partial charge < -0.3 is 14.2 Å². The maximum atomic E-state index is 11.5. The number of ketones is 1. The number of ether oxygens (including phenoxy) is 3. The first-order valence-corrected chi connectivity index (χ1v) is 12.4. The van der Waals surface area contributed by atoms with Crippen LogP contribution in [0.3, 0.4) is 0 Å². The molecule has 2 atom stereocenters.